The monoisotopic (exact) mass is 300 g/mol. The van der Waals surface area contributed by atoms with E-state index in [-0.39, 0.29) is 11.7 Å². The van der Waals surface area contributed by atoms with E-state index in [1.807, 2.05) is 0 Å². The van der Waals surface area contributed by atoms with Gasteiger partial charge in [-0.15, -0.1) is 0 Å². The quantitative estimate of drug-likeness (QED) is 0.858. The van der Waals surface area contributed by atoms with Gasteiger partial charge in [0.15, 0.2) is 17.7 Å². The summed E-state index contributed by atoms with van der Waals surface area (Å²) >= 11 is 0. The van der Waals surface area contributed by atoms with Crippen LogP contribution in [0, 0.1) is 11.5 Å². The van der Waals surface area contributed by atoms with Crippen LogP contribution in [-0.4, -0.2) is 41.2 Å². The van der Waals surface area contributed by atoms with Crippen LogP contribution < -0.4 is 15.0 Å². The minimum absolute atomic E-state index is 0.00621. The van der Waals surface area contributed by atoms with E-state index in [1.54, 1.807) is 24.1 Å². The number of aromatic amines is 1. The summed E-state index contributed by atoms with van der Waals surface area (Å²) in [6.45, 7) is 1.36. The number of nitriles is 1. The summed E-state index contributed by atoms with van der Waals surface area (Å²) in [5.74, 6) is 1.08. The number of nitrogens with zero attached hydrogens (tertiary/aromatic N) is 3. The Labute approximate surface area is 127 Å². The summed E-state index contributed by atoms with van der Waals surface area (Å²) < 4.78 is 11.3. The number of hydrogen-bond donors (Lipinski definition) is 1. The van der Waals surface area contributed by atoms with E-state index < -0.39 is 0 Å². The summed E-state index contributed by atoms with van der Waals surface area (Å²) in [5, 5.41) is 9.33. The van der Waals surface area contributed by atoms with Gasteiger partial charge in [-0.3, -0.25) is 4.79 Å². The normalized spacial score (nSPS) is 15.5. The molecule has 114 valence electrons. The molecule has 0 amide bonds. The van der Waals surface area contributed by atoms with Crippen molar-refractivity contribution in [3.8, 4) is 17.7 Å². The van der Waals surface area contributed by atoms with Crippen molar-refractivity contribution >= 4 is 10.9 Å². The first-order valence-electron chi connectivity index (χ1n) is 7.08. The molecule has 7 nitrogen and oxygen atoms in total. The van der Waals surface area contributed by atoms with Crippen molar-refractivity contribution in [1.29, 1.82) is 5.26 Å². The lowest BCUT2D eigenvalue weighted by Crippen LogP contribution is -2.35. The lowest BCUT2D eigenvalue weighted by molar-refractivity contribution is 0.123. The zero-order valence-electron chi connectivity index (χ0n) is 12.2. The lowest BCUT2D eigenvalue weighted by Gasteiger charge is -2.29. The fourth-order valence-corrected chi connectivity index (χ4v) is 2.58. The first kappa shape index (κ1) is 14.2. The van der Waals surface area contributed by atoms with Crippen molar-refractivity contribution in [3.05, 3.63) is 28.8 Å². The van der Waals surface area contributed by atoms with Crippen molar-refractivity contribution in [2.24, 2.45) is 0 Å². The van der Waals surface area contributed by atoms with Crippen LogP contribution in [-0.2, 0) is 0 Å². The number of fused-ring (bicyclic) bond motifs is 1. The van der Waals surface area contributed by atoms with Gasteiger partial charge in [0.2, 0.25) is 0 Å². The molecule has 3 rings (SSSR count). The van der Waals surface area contributed by atoms with E-state index in [0.717, 1.165) is 12.8 Å². The van der Waals surface area contributed by atoms with Crippen LogP contribution in [0.25, 0.3) is 10.9 Å². The second-order valence-corrected chi connectivity index (χ2v) is 5.16. The highest BCUT2D eigenvalue weighted by atomic mass is 16.5. The number of ether oxygens (including phenoxy) is 2. The summed E-state index contributed by atoms with van der Waals surface area (Å²) in [7, 11) is 1.56. The number of rotatable bonds is 3. The predicted octanol–water partition coefficient (Wildman–Crippen LogP) is 1.26. The summed E-state index contributed by atoms with van der Waals surface area (Å²) in [6.07, 6.45) is 5.04. The summed E-state index contributed by atoms with van der Waals surface area (Å²) in [4.78, 5) is 20.3. The number of hydrogen-bond acceptors (Lipinski definition) is 6. The number of methoxy groups -OCH3 is 1. The predicted molar refractivity (Wildman–Crippen MR) is 79.8 cm³/mol. The number of benzene rings is 1. The lowest BCUT2D eigenvalue weighted by atomic mass is 10.1. The van der Waals surface area contributed by atoms with E-state index in [0.29, 0.717) is 35.5 Å². The van der Waals surface area contributed by atoms with Gasteiger partial charge >= 0.3 is 0 Å². The number of aromatic nitrogens is 2. The molecule has 1 aromatic carbocycles. The van der Waals surface area contributed by atoms with E-state index in [9.17, 15) is 4.79 Å². The maximum Gasteiger partial charge on any atom is 0.258 e. The van der Waals surface area contributed by atoms with Gasteiger partial charge in [-0.2, -0.15) is 5.26 Å². The summed E-state index contributed by atoms with van der Waals surface area (Å²) in [5.41, 5.74) is 0.351. The Bertz CT molecular complexity index is 772. The third kappa shape index (κ3) is 2.68. The molecule has 2 aromatic rings. The SMILES string of the molecule is COc1cc2nc[nH]c(=O)c2cc1OC1CCN(C#N)CC1. The third-order valence-corrected chi connectivity index (χ3v) is 3.80. The molecule has 0 saturated carbocycles. The number of H-pyrrole nitrogens is 1. The highest BCUT2D eigenvalue weighted by Crippen LogP contribution is 2.32. The van der Waals surface area contributed by atoms with Crippen LogP contribution in [0.4, 0.5) is 0 Å². The van der Waals surface area contributed by atoms with Gasteiger partial charge in [-0.25, -0.2) is 4.98 Å². The molecular weight excluding hydrogens is 284 g/mol. The van der Waals surface area contributed by atoms with E-state index >= 15 is 0 Å². The van der Waals surface area contributed by atoms with Crippen LogP contribution in [0.1, 0.15) is 12.8 Å². The zero-order valence-corrected chi connectivity index (χ0v) is 12.2. The van der Waals surface area contributed by atoms with Crippen molar-refractivity contribution < 1.29 is 9.47 Å². The second-order valence-electron chi connectivity index (χ2n) is 5.16. The molecule has 0 atom stereocenters. The van der Waals surface area contributed by atoms with Gasteiger partial charge in [0.1, 0.15) is 6.10 Å². The maximum absolute atomic E-state index is 11.9. The Balaban J connectivity index is 1.88. The van der Waals surface area contributed by atoms with Gasteiger partial charge in [0.25, 0.3) is 5.56 Å². The molecule has 0 radical (unpaired) electrons. The second kappa shape index (κ2) is 5.93. The molecule has 1 aliphatic rings. The summed E-state index contributed by atoms with van der Waals surface area (Å²) in [6, 6.07) is 3.36. The molecule has 1 aromatic heterocycles. The molecular formula is C15H16N4O3. The Morgan fingerprint density at radius 3 is 2.82 bits per heavy atom. The standard InChI is InChI=1S/C15H16N4O3/c1-21-13-7-12-11(15(20)18-9-17-12)6-14(13)22-10-2-4-19(8-16)5-3-10/h6-7,9-10H,2-5H2,1H3,(H,17,18,20). The zero-order chi connectivity index (χ0) is 15.5. The molecule has 1 saturated heterocycles. The topological polar surface area (TPSA) is 91.2 Å². The molecule has 2 heterocycles. The van der Waals surface area contributed by atoms with Gasteiger partial charge in [-0.05, 0) is 6.07 Å². The molecule has 0 unspecified atom stereocenters. The van der Waals surface area contributed by atoms with Crippen LogP contribution in [0.15, 0.2) is 23.3 Å². The molecule has 0 aliphatic carbocycles. The van der Waals surface area contributed by atoms with Crippen molar-refractivity contribution in [1.82, 2.24) is 14.9 Å². The fourth-order valence-electron chi connectivity index (χ4n) is 2.58. The molecule has 0 bridgehead atoms. The van der Waals surface area contributed by atoms with E-state index in [1.165, 1.54) is 6.33 Å². The molecule has 22 heavy (non-hydrogen) atoms. The Morgan fingerprint density at radius 2 is 2.14 bits per heavy atom. The van der Waals surface area contributed by atoms with Crippen LogP contribution in [0.3, 0.4) is 0 Å². The highest BCUT2D eigenvalue weighted by Gasteiger charge is 2.21. The maximum atomic E-state index is 11.9. The van der Waals surface area contributed by atoms with Crippen molar-refractivity contribution in [2.75, 3.05) is 20.2 Å². The molecule has 1 N–H and O–H groups in total. The van der Waals surface area contributed by atoms with Gasteiger partial charge in [0, 0.05) is 32.0 Å². The van der Waals surface area contributed by atoms with Crippen LogP contribution >= 0.6 is 0 Å². The Kier molecular flexibility index (Phi) is 3.83. The largest absolute Gasteiger partial charge is 0.493 e. The average Bonchev–Trinajstić information content (AvgIpc) is 2.56. The number of piperidine rings is 1. The minimum atomic E-state index is -0.211. The van der Waals surface area contributed by atoms with Gasteiger partial charge in [-0.1, -0.05) is 0 Å². The Morgan fingerprint density at radius 1 is 1.36 bits per heavy atom. The van der Waals surface area contributed by atoms with Crippen LogP contribution in [0.2, 0.25) is 0 Å². The third-order valence-electron chi connectivity index (χ3n) is 3.80. The van der Waals surface area contributed by atoms with Gasteiger partial charge in [0.05, 0.1) is 24.3 Å². The highest BCUT2D eigenvalue weighted by molar-refractivity contribution is 5.81. The molecule has 1 aliphatic heterocycles. The number of likely N-dealkylation sites (tertiary alicyclic amines) is 1. The first-order chi connectivity index (χ1) is 10.7. The molecule has 7 heteroatoms. The number of nitrogens with one attached hydrogen (secondary N) is 1. The van der Waals surface area contributed by atoms with Crippen molar-refractivity contribution in [3.63, 3.8) is 0 Å². The minimum Gasteiger partial charge on any atom is -0.493 e. The molecule has 0 spiro atoms. The van der Waals surface area contributed by atoms with E-state index in [4.69, 9.17) is 14.7 Å². The van der Waals surface area contributed by atoms with E-state index in [2.05, 4.69) is 16.2 Å². The first-order valence-corrected chi connectivity index (χ1v) is 7.08. The van der Waals surface area contributed by atoms with Crippen molar-refractivity contribution in [2.45, 2.75) is 18.9 Å². The average molecular weight is 300 g/mol. The smallest absolute Gasteiger partial charge is 0.258 e. The van der Waals surface area contributed by atoms with Gasteiger partial charge < -0.3 is 19.4 Å². The molecule has 1 fully saturated rings. The van der Waals surface area contributed by atoms with Crippen LogP contribution in [0.5, 0.6) is 11.5 Å². The fraction of sp³-hybridized carbons (Fsp3) is 0.400. The Hall–Kier alpha value is -2.75.